The van der Waals surface area contributed by atoms with Crippen molar-refractivity contribution in [2.24, 2.45) is 0 Å². The van der Waals surface area contributed by atoms with E-state index in [2.05, 4.69) is 5.32 Å². The number of nitriles is 1. The zero-order chi connectivity index (χ0) is 12.0. The van der Waals surface area contributed by atoms with Crippen LogP contribution >= 0.6 is 11.6 Å². The number of halogens is 1. The third-order valence-electron chi connectivity index (χ3n) is 1.82. The largest absolute Gasteiger partial charge is 0.481 e. The zero-order valence-corrected chi connectivity index (χ0v) is 9.49. The average Bonchev–Trinajstić information content (AvgIpc) is 2.25. The monoisotopic (exact) mass is 238 g/mol. The smallest absolute Gasteiger partial charge is 0.261 e. The average molecular weight is 239 g/mol. The second-order valence-electron chi connectivity index (χ2n) is 3.09. The lowest BCUT2D eigenvalue weighted by Crippen LogP contribution is -2.36. The molecule has 0 bridgehead atoms. The number of nitrogens with zero attached hydrogens (tertiary/aromatic N) is 1. The molecule has 0 radical (unpaired) electrons. The van der Waals surface area contributed by atoms with E-state index < -0.39 is 6.10 Å². The van der Waals surface area contributed by atoms with Gasteiger partial charge < -0.3 is 10.1 Å². The second kappa shape index (κ2) is 5.99. The van der Waals surface area contributed by atoms with E-state index in [1.54, 1.807) is 31.2 Å². The first kappa shape index (κ1) is 12.3. The van der Waals surface area contributed by atoms with Crippen LogP contribution in [0.5, 0.6) is 5.75 Å². The molecule has 16 heavy (non-hydrogen) atoms. The molecule has 0 saturated heterocycles. The van der Waals surface area contributed by atoms with Gasteiger partial charge in [0.1, 0.15) is 12.3 Å². The number of hydrogen-bond donors (Lipinski definition) is 1. The lowest BCUT2D eigenvalue weighted by molar-refractivity contribution is -0.127. The Bertz CT molecular complexity index is 415. The Morgan fingerprint density at radius 1 is 1.69 bits per heavy atom. The maximum Gasteiger partial charge on any atom is 0.261 e. The highest BCUT2D eigenvalue weighted by molar-refractivity contribution is 6.30. The van der Waals surface area contributed by atoms with Crippen molar-refractivity contribution in [3.8, 4) is 11.8 Å². The standard InChI is InChI=1S/C11H11ClN2O2/c1-8(11(15)14-6-5-13)16-10-4-2-3-9(12)7-10/h2-4,7-8H,6H2,1H3,(H,14,15)/t8-/m0/s1. The summed E-state index contributed by atoms with van der Waals surface area (Å²) in [5.41, 5.74) is 0. The van der Waals surface area contributed by atoms with Crippen LogP contribution in [0.3, 0.4) is 0 Å². The molecule has 0 saturated carbocycles. The molecule has 1 amide bonds. The van der Waals surface area contributed by atoms with Crippen LogP contribution in [0.2, 0.25) is 5.02 Å². The molecule has 0 aliphatic carbocycles. The van der Waals surface area contributed by atoms with Crippen molar-refractivity contribution >= 4 is 17.5 Å². The van der Waals surface area contributed by atoms with Gasteiger partial charge in [0.25, 0.3) is 5.91 Å². The van der Waals surface area contributed by atoms with Gasteiger partial charge in [0.05, 0.1) is 6.07 Å². The van der Waals surface area contributed by atoms with Gasteiger partial charge in [-0.05, 0) is 25.1 Å². The molecule has 0 heterocycles. The predicted octanol–water partition coefficient (Wildman–Crippen LogP) is 1.75. The third kappa shape index (κ3) is 3.79. The number of rotatable bonds is 4. The Morgan fingerprint density at radius 3 is 3.06 bits per heavy atom. The van der Waals surface area contributed by atoms with Gasteiger partial charge in [-0.2, -0.15) is 5.26 Å². The van der Waals surface area contributed by atoms with Gasteiger partial charge >= 0.3 is 0 Å². The molecular weight excluding hydrogens is 228 g/mol. The van der Waals surface area contributed by atoms with Gasteiger partial charge in [-0.25, -0.2) is 0 Å². The molecule has 0 spiro atoms. The quantitative estimate of drug-likeness (QED) is 0.813. The van der Waals surface area contributed by atoms with Gasteiger partial charge in [0.2, 0.25) is 0 Å². The fraction of sp³-hybridized carbons (Fsp3) is 0.273. The maximum absolute atomic E-state index is 11.4. The topological polar surface area (TPSA) is 62.1 Å². The molecule has 0 fully saturated rings. The van der Waals surface area contributed by atoms with E-state index in [4.69, 9.17) is 21.6 Å². The van der Waals surface area contributed by atoms with Crippen LogP contribution in [0.4, 0.5) is 0 Å². The minimum atomic E-state index is -0.660. The van der Waals surface area contributed by atoms with Crippen molar-refractivity contribution in [2.45, 2.75) is 13.0 Å². The fourth-order valence-corrected chi connectivity index (χ4v) is 1.25. The number of ether oxygens (including phenoxy) is 1. The van der Waals surface area contributed by atoms with Crippen molar-refractivity contribution in [2.75, 3.05) is 6.54 Å². The number of benzene rings is 1. The Kier molecular flexibility index (Phi) is 4.62. The number of amides is 1. The van der Waals surface area contributed by atoms with Crippen LogP contribution in [0.25, 0.3) is 0 Å². The SMILES string of the molecule is C[C@H](Oc1cccc(Cl)c1)C(=O)NCC#N. The molecule has 0 unspecified atom stereocenters. The van der Waals surface area contributed by atoms with Gasteiger partial charge in [0.15, 0.2) is 6.10 Å². The lowest BCUT2D eigenvalue weighted by atomic mass is 10.3. The van der Waals surface area contributed by atoms with Crippen LogP contribution < -0.4 is 10.1 Å². The Balaban J connectivity index is 2.54. The number of carbonyl (C=O) groups is 1. The summed E-state index contributed by atoms with van der Waals surface area (Å²) in [6.07, 6.45) is -0.660. The molecule has 1 aromatic rings. The number of nitrogens with one attached hydrogen (secondary N) is 1. The summed E-state index contributed by atoms with van der Waals surface area (Å²) in [6, 6.07) is 8.60. The van der Waals surface area contributed by atoms with Crippen LogP contribution in [-0.4, -0.2) is 18.6 Å². The van der Waals surface area contributed by atoms with Gasteiger partial charge in [0, 0.05) is 5.02 Å². The molecule has 1 atom stereocenters. The highest BCUT2D eigenvalue weighted by Crippen LogP contribution is 2.18. The minimum absolute atomic E-state index is 0.0257. The summed E-state index contributed by atoms with van der Waals surface area (Å²) < 4.78 is 5.35. The van der Waals surface area contributed by atoms with Gasteiger partial charge in [-0.3, -0.25) is 4.79 Å². The number of hydrogen-bond acceptors (Lipinski definition) is 3. The summed E-state index contributed by atoms with van der Waals surface area (Å²) in [6.45, 7) is 1.58. The summed E-state index contributed by atoms with van der Waals surface area (Å²) in [5.74, 6) is 0.189. The van der Waals surface area contributed by atoms with Crippen molar-refractivity contribution in [3.05, 3.63) is 29.3 Å². The van der Waals surface area contributed by atoms with Gasteiger partial charge in [-0.1, -0.05) is 17.7 Å². The first-order valence-corrected chi connectivity index (χ1v) is 5.08. The first-order chi connectivity index (χ1) is 7.63. The Hall–Kier alpha value is -1.73. The van der Waals surface area contributed by atoms with Crippen molar-refractivity contribution in [1.29, 1.82) is 5.26 Å². The lowest BCUT2D eigenvalue weighted by Gasteiger charge is -2.13. The highest BCUT2D eigenvalue weighted by atomic mass is 35.5. The minimum Gasteiger partial charge on any atom is -0.481 e. The summed E-state index contributed by atoms with van der Waals surface area (Å²) in [5, 5.41) is 11.3. The number of carbonyl (C=O) groups excluding carboxylic acids is 1. The fourth-order valence-electron chi connectivity index (χ4n) is 1.07. The summed E-state index contributed by atoms with van der Waals surface area (Å²) in [7, 11) is 0. The Morgan fingerprint density at radius 2 is 2.44 bits per heavy atom. The normalized spacial score (nSPS) is 11.3. The van der Waals surface area contributed by atoms with Crippen LogP contribution in [0, 0.1) is 11.3 Å². The van der Waals surface area contributed by atoms with E-state index in [0.717, 1.165) is 0 Å². The van der Waals surface area contributed by atoms with E-state index in [0.29, 0.717) is 10.8 Å². The molecule has 0 aromatic heterocycles. The van der Waals surface area contributed by atoms with E-state index >= 15 is 0 Å². The molecular formula is C11H11ClN2O2. The van der Waals surface area contributed by atoms with Crippen molar-refractivity contribution in [3.63, 3.8) is 0 Å². The molecule has 1 rings (SSSR count). The third-order valence-corrected chi connectivity index (χ3v) is 2.05. The van der Waals surface area contributed by atoms with Crippen molar-refractivity contribution in [1.82, 2.24) is 5.32 Å². The molecule has 0 aliphatic rings. The van der Waals surface area contributed by atoms with Gasteiger partial charge in [-0.15, -0.1) is 0 Å². The first-order valence-electron chi connectivity index (χ1n) is 4.70. The molecule has 4 nitrogen and oxygen atoms in total. The van der Waals surface area contributed by atoms with Crippen LogP contribution in [0.15, 0.2) is 24.3 Å². The van der Waals surface area contributed by atoms with Crippen LogP contribution in [0.1, 0.15) is 6.92 Å². The molecule has 1 aromatic carbocycles. The van der Waals surface area contributed by atoms with Crippen molar-refractivity contribution < 1.29 is 9.53 Å². The summed E-state index contributed by atoms with van der Waals surface area (Å²) >= 11 is 5.77. The Labute approximate surface area is 98.8 Å². The molecule has 1 N–H and O–H groups in total. The molecule has 0 aliphatic heterocycles. The van der Waals surface area contributed by atoms with E-state index in [1.165, 1.54) is 0 Å². The highest BCUT2D eigenvalue weighted by Gasteiger charge is 2.13. The van der Waals surface area contributed by atoms with E-state index in [-0.39, 0.29) is 12.5 Å². The zero-order valence-electron chi connectivity index (χ0n) is 8.74. The van der Waals surface area contributed by atoms with E-state index in [1.807, 2.05) is 6.07 Å². The van der Waals surface area contributed by atoms with Crippen LogP contribution in [-0.2, 0) is 4.79 Å². The molecule has 5 heteroatoms. The summed E-state index contributed by atoms with van der Waals surface area (Å²) in [4.78, 5) is 11.4. The predicted molar refractivity (Wildman–Crippen MR) is 60.2 cm³/mol. The maximum atomic E-state index is 11.4. The second-order valence-corrected chi connectivity index (χ2v) is 3.53. The van der Waals surface area contributed by atoms with E-state index in [9.17, 15) is 4.79 Å². The molecule has 84 valence electrons.